The van der Waals surface area contributed by atoms with E-state index in [2.05, 4.69) is 67.7 Å². The van der Waals surface area contributed by atoms with Gasteiger partial charge in [-0.05, 0) is 36.9 Å². The number of fused-ring (bicyclic) bond motifs is 1. The summed E-state index contributed by atoms with van der Waals surface area (Å²) in [6, 6.07) is 12.6. The van der Waals surface area contributed by atoms with Crippen molar-refractivity contribution in [2.45, 2.75) is 6.92 Å². The summed E-state index contributed by atoms with van der Waals surface area (Å²) in [5.74, 6) is 0.607. The Morgan fingerprint density at radius 1 is 1.03 bits per heavy atom. The van der Waals surface area contributed by atoms with Crippen LogP contribution in [0.3, 0.4) is 0 Å². The van der Waals surface area contributed by atoms with Gasteiger partial charge in [-0.2, -0.15) is 0 Å². The topological polar surface area (TPSA) is 57.2 Å². The van der Waals surface area contributed by atoms with Crippen LogP contribution in [0.1, 0.15) is 6.92 Å². The monoisotopic (exact) mass is 416 g/mol. The quantitative estimate of drug-likeness (QED) is 0.512. The lowest BCUT2D eigenvalue weighted by atomic mass is 10.1. The van der Waals surface area contributed by atoms with E-state index < -0.39 is 0 Å². The highest BCUT2D eigenvalue weighted by atomic mass is 32.1. The van der Waals surface area contributed by atoms with Gasteiger partial charge in [-0.25, -0.2) is 9.97 Å². The molecule has 1 fully saturated rings. The van der Waals surface area contributed by atoms with Crippen LogP contribution in [-0.4, -0.2) is 52.6 Å². The Morgan fingerprint density at radius 3 is 2.60 bits per heavy atom. The molecular formula is C23H24N6S. The number of hydrogen-bond acceptors (Lipinski definition) is 7. The Bertz CT molecular complexity index is 1120. The van der Waals surface area contributed by atoms with Crippen LogP contribution in [0.2, 0.25) is 0 Å². The first-order chi connectivity index (χ1) is 14.8. The summed E-state index contributed by atoms with van der Waals surface area (Å²) >= 11 is 1.65. The molecule has 4 aromatic rings. The number of benzene rings is 1. The molecule has 0 amide bonds. The van der Waals surface area contributed by atoms with Crippen LogP contribution in [0.4, 0.5) is 17.3 Å². The Morgan fingerprint density at radius 2 is 1.87 bits per heavy atom. The molecule has 5 rings (SSSR count). The second-order valence-corrected chi connectivity index (χ2v) is 8.30. The van der Waals surface area contributed by atoms with E-state index in [9.17, 15) is 0 Å². The molecule has 7 heteroatoms. The third-order valence-corrected chi connectivity index (χ3v) is 6.50. The largest absolute Gasteiger partial charge is 0.369 e. The number of aromatic nitrogens is 3. The maximum Gasteiger partial charge on any atom is 0.227 e. The van der Waals surface area contributed by atoms with Crippen molar-refractivity contribution in [2.24, 2.45) is 0 Å². The number of thiophene rings is 1. The number of nitrogens with one attached hydrogen (secondary N) is 1. The van der Waals surface area contributed by atoms with Crippen LogP contribution >= 0.6 is 11.3 Å². The summed E-state index contributed by atoms with van der Waals surface area (Å²) in [5.41, 5.74) is 5.37. The summed E-state index contributed by atoms with van der Waals surface area (Å²) in [4.78, 5) is 18.4. The second-order valence-electron chi connectivity index (χ2n) is 7.39. The molecule has 0 saturated carbocycles. The van der Waals surface area contributed by atoms with Crippen molar-refractivity contribution in [2.75, 3.05) is 42.9 Å². The molecule has 0 aliphatic carbocycles. The predicted molar refractivity (Wildman–Crippen MR) is 125 cm³/mol. The molecular weight excluding hydrogens is 392 g/mol. The standard InChI is InChI=1S/C23H24N6S/c1-2-28-10-12-29(13-11-28)19-7-5-18(6-8-19)26-23-25-15-21-22(27-23)20(16-30-21)17-4-3-9-24-14-17/h3-9,14-16H,2,10-13H2,1H3,(H,25,26,27). The van der Waals surface area contributed by atoms with Crippen molar-refractivity contribution in [1.82, 2.24) is 19.9 Å². The van der Waals surface area contributed by atoms with Crippen molar-refractivity contribution >= 4 is 38.9 Å². The molecule has 0 spiro atoms. The molecule has 6 nitrogen and oxygen atoms in total. The smallest absolute Gasteiger partial charge is 0.227 e. The lowest BCUT2D eigenvalue weighted by Crippen LogP contribution is -2.46. The highest BCUT2D eigenvalue weighted by molar-refractivity contribution is 7.17. The molecule has 152 valence electrons. The molecule has 1 N–H and O–H groups in total. The van der Waals surface area contributed by atoms with Gasteiger partial charge in [0.2, 0.25) is 5.95 Å². The Kier molecular flexibility index (Phi) is 5.29. The number of hydrogen-bond donors (Lipinski definition) is 1. The normalized spacial score (nSPS) is 14.9. The van der Waals surface area contributed by atoms with Crippen LogP contribution in [0.15, 0.2) is 60.4 Å². The fourth-order valence-corrected chi connectivity index (χ4v) is 4.70. The number of pyridine rings is 1. The van der Waals surface area contributed by atoms with Gasteiger partial charge in [0.15, 0.2) is 0 Å². The minimum atomic E-state index is 0.607. The van der Waals surface area contributed by atoms with Crippen molar-refractivity contribution in [3.8, 4) is 11.1 Å². The van der Waals surface area contributed by atoms with Crippen LogP contribution in [0, 0.1) is 0 Å². The van der Waals surface area contributed by atoms with Gasteiger partial charge >= 0.3 is 0 Å². The van der Waals surface area contributed by atoms with Gasteiger partial charge in [0.05, 0.1) is 16.4 Å². The lowest BCUT2D eigenvalue weighted by molar-refractivity contribution is 0.271. The van der Waals surface area contributed by atoms with E-state index >= 15 is 0 Å². The van der Waals surface area contributed by atoms with Crippen molar-refractivity contribution in [3.63, 3.8) is 0 Å². The van der Waals surface area contributed by atoms with E-state index in [1.807, 2.05) is 18.5 Å². The molecule has 30 heavy (non-hydrogen) atoms. The number of anilines is 3. The lowest BCUT2D eigenvalue weighted by Gasteiger charge is -2.35. The van der Waals surface area contributed by atoms with Gasteiger partial charge in [0, 0.05) is 66.5 Å². The molecule has 1 aromatic carbocycles. The van der Waals surface area contributed by atoms with Gasteiger partial charge in [-0.15, -0.1) is 11.3 Å². The summed E-state index contributed by atoms with van der Waals surface area (Å²) < 4.78 is 1.07. The van der Waals surface area contributed by atoms with Gasteiger partial charge in [0.1, 0.15) is 0 Å². The fourth-order valence-electron chi connectivity index (χ4n) is 3.82. The van der Waals surface area contributed by atoms with Crippen LogP contribution in [-0.2, 0) is 0 Å². The number of nitrogens with zero attached hydrogens (tertiary/aromatic N) is 5. The van der Waals surface area contributed by atoms with Crippen molar-refractivity contribution in [1.29, 1.82) is 0 Å². The number of likely N-dealkylation sites (N-methyl/N-ethyl adjacent to an activating group) is 1. The molecule has 0 atom stereocenters. The van der Waals surface area contributed by atoms with E-state index in [4.69, 9.17) is 4.98 Å². The molecule has 1 aliphatic rings. The zero-order valence-corrected chi connectivity index (χ0v) is 17.8. The zero-order chi connectivity index (χ0) is 20.3. The highest BCUT2D eigenvalue weighted by Gasteiger charge is 2.16. The van der Waals surface area contributed by atoms with Crippen LogP contribution in [0.25, 0.3) is 21.3 Å². The van der Waals surface area contributed by atoms with Gasteiger partial charge in [0.25, 0.3) is 0 Å². The predicted octanol–water partition coefficient (Wildman–Crippen LogP) is 4.64. The van der Waals surface area contributed by atoms with E-state index in [0.717, 1.165) is 59.8 Å². The van der Waals surface area contributed by atoms with Crippen LogP contribution < -0.4 is 10.2 Å². The van der Waals surface area contributed by atoms with E-state index in [1.54, 1.807) is 17.5 Å². The summed E-state index contributed by atoms with van der Waals surface area (Å²) in [7, 11) is 0. The Hall–Kier alpha value is -3.03. The first-order valence-corrected chi connectivity index (χ1v) is 11.2. The third-order valence-electron chi connectivity index (χ3n) is 5.59. The van der Waals surface area contributed by atoms with Gasteiger partial charge in [-0.1, -0.05) is 13.0 Å². The van der Waals surface area contributed by atoms with E-state index in [0.29, 0.717) is 5.95 Å². The van der Waals surface area contributed by atoms with E-state index in [1.165, 1.54) is 5.69 Å². The second kappa shape index (κ2) is 8.38. The molecule has 0 unspecified atom stereocenters. The molecule has 4 heterocycles. The van der Waals surface area contributed by atoms with E-state index in [-0.39, 0.29) is 0 Å². The average molecular weight is 417 g/mol. The molecule has 1 aliphatic heterocycles. The Labute approximate surface area is 180 Å². The summed E-state index contributed by atoms with van der Waals surface area (Å²) in [6.45, 7) is 7.78. The molecule has 3 aromatic heterocycles. The molecule has 1 saturated heterocycles. The molecule has 0 bridgehead atoms. The zero-order valence-electron chi connectivity index (χ0n) is 17.0. The summed E-state index contributed by atoms with van der Waals surface area (Å²) in [6.07, 6.45) is 5.54. The average Bonchev–Trinajstić information content (AvgIpc) is 3.24. The minimum absolute atomic E-state index is 0.607. The highest BCUT2D eigenvalue weighted by Crippen LogP contribution is 2.32. The first-order valence-electron chi connectivity index (χ1n) is 10.3. The Balaban J connectivity index is 1.33. The van der Waals surface area contributed by atoms with Crippen molar-refractivity contribution < 1.29 is 0 Å². The van der Waals surface area contributed by atoms with Crippen LogP contribution in [0.5, 0.6) is 0 Å². The first kappa shape index (κ1) is 19.0. The van der Waals surface area contributed by atoms with Gasteiger partial charge in [-0.3, -0.25) is 4.98 Å². The van der Waals surface area contributed by atoms with Gasteiger partial charge < -0.3 is 15.1 Å². The maximum absolute atomic E-state index is 4.78. The number of piperazine rings is 1. The minimum Gasteiger partial charge on any atom is -0.369 e. The molecule has 0 radical (unpaired) electrons. The third kappa shape index (κ3) is 3.86. The SMILES string of the molecule is CCN1CCN(c2ccc(Nc3ncc4scc(-c5cccnc5)c4n3)cc2)CC1. The maximum atomic E-state index is 4.78. The van der Waals surface area contributed by atoms with Crippen molar-refractivity contribution in [3.05, 3.63) is 60.4 Å². The summed E-state index contributed by atoms with van der Waals surface area (Å²) in [5, 5.41) is 5.47. The fraction of sp³-hybridized carbons (Fsp3) is 0.261. The number of rotatable bonds is 5.